The summed E-state index contributed by atoms with van der Waals surface area (Å²) < 4.78 is 33.4. The molecule has 0 aromatic heterocycles. The van der Waals surface area contributed by atoms with Crippen LogP contribution < -0.4 is 11.1 Å². The van der Waals surface area contributed by atoms with E-state index in [0.717, 1.165) is 45.2 Å². The van der Waals surface area contributed by atoms with Crippen molar-refractivity contribution in [3.8, 4) is 0 Å². The summed E-state index contributed by atoms with van der Waals surface area (Å²) in [5.41, 5.74) is 5.50. The number of hydrogen-bond donors (Lipinski definition) is 2. The van der Waals surface area contributed by atoms with E-state index in [1.807, 2.05) is 0 Å². The van der Waals surface area contributed by atoms with Gasteiger partial charge in [0.15, 0.2) is 0 Å². The van der Waals surface area contributed by atoms with Crippen molar-refractivity contribution >= 4 is 10.0 Å². The van der Waals surface area contributed by atoms with Crippen LogP contribution in [0.4, 0.5) is 0 Å². The van der Waals surface area contributed by atoms with Crippen LogP contribution in [0.1, 0.15) is 45.4 Å². The fourth-order valence-corrected chi connectivity index (χ4v) is 5.46. The zero-order valence-electron chi connectivity index (χ0n) is 13.7. The average Bonchev–Trinajstić information content (AvgIpc) is 2.46. The monoisotopic (exact) mass is 333 g/mol. The molecule has 1 saturated heterocycles. The van der Waals surface area contributed by atoms with Crippen molar-refractivity contribution in [2.45, 2.75) is 63.6 Å². The van der Waals surface area contributed by atoms with Gasteiger partial charge in [0.05, 0.1) is 24.5 Å². The first-order valence-corrected chi connectivity index (χ1v) is 10.2. The molecule has 2 fully saturated rings. The summed E-state index contributed by atoms with van der Waals surface area (Å²) in [6.07, 6.45) is 5.24. The molecule has 2 aliphatic rings. The summed E-state index contributed by atoms with van der Waals surface area (Å²) in [4.78, 5) is 0. The van der Waals surface area contributed by atoms with Crippen LogP contribution in [0.2, 0.25) is 0 Å². The van der Waals surface area contributed by atoms with E-state index in [-0.39, 0.29) is 23.9 Å². The topological polar surface area (TPSA) is 84.7 Å². The van der Waals surface area contributed by atoms with Gasteiger partial charge in [-0.05, 0) is 38.6 Å². The van der Waals surface area contributed by atoms with Crippen molar-refractivity contribution < 1.29 is 13.2 Å². The number of morpholine rings is 1. The van der Waals surface area contributed by atoms with Gasteiger partial charge in [0.2, 0.25) is 10.0 Å². The lowest BCUT2D eigenvalue weighted by Gasteiger charge is -2.44. The van der Waals surface area contributed by atoms with Crippen molar-refractivity contribution in [2.75, 3.05) is 32.0 Å². The molecule has 0 bridgehead atoms. The van der Waals surface area contributed by atoms with E-state index in [1.54, 1.807) is 4.31 Å². The first kappa shape index (κ1) is 18.1. The van der Waals surface area contributed by atoms with Crippen LogP contribution in [0.15, 0.2) is 0 Å². The number of rotatable bonds is 9. The molecule has 1 aliphatic carbocycles. The number of nitrogens with zero attached hydrogens (tertiary/aromatic N) is 1. The number of hydrogen-bond acceptors (Lipinski definition) is 5. The number of ether oxygens (including phenoxy) is 1. The van der Waals surface area contributed by atoms with Gasteiger partial charge in [-0.3, -0.25) is 0 Å². The summed E-state index contributed by atoms with van der Waals surface area (Å²) in [6.45, 7) is 4.85. The van der Waals surface area contributed by atoms with Gasteiger partial charge < -0.3 is 15.8 Å². The molecule has 130 valence electrons. The van der Waals surface area contributed by atoms with Gasteiger partial charge in [-0.25, -0.2) is 8.42 Å². The molecule has 0 radical (unpaired) electrons. The minimum absolute atomic E-state index is 0.0383. The van der Waals surface area contributed by atoms with E-state index in [4.69, 9.17) is 10.5 Å². The van der Waals surface area contributed by atoms with Crippen LogP contribution in [0.3, 0.4) is 0 Å². The molecular weight excluding hydrogens is 302 g/mol. The number of unbranched alkanes of at least 4 members (excludes halogenated alkanes) is 1. The maximum Gasteiger partial charge on any atom is 0.214 e. The molecule has 1 saturated carbocycles. The Kier molecular flexibility index (Phi) is 7.08. The summed E-state index contributed by atoms with van der Waals surface area (Å²) >= 11 is 0. The molecule has 2 unspecified atom stereocenters. The predicted octanol–water partition coefficient (Wildman–Crippen LogP) is 0.677. The third-order valence-electron chi connectivity index (χ3n) is 4.74. The Bertz CT molecular complexity index is 420. The SMILES string of the molecule is CCC(C1CNCCO1)N(C1CCC1)S(=O)(=O)CCCCN. The van der Waals surface area contributed by atoms with E-state index in [0.29, 0.717) is 19.6 Å². The molecule has 3 N–H and O–H groups in total. The molecule has 2 rings (SSSR count). The Balaban J connectivity index is 2.12. The summed E-state index contributed by atoms with van der Waals surface area (Å²) in [6, 6.07) is 0.110. The summed E-state index contributed by atoms with van der Waals surface area (Å²) in [5, 5.41) is 3.32. The van der Waals surface area contributed by atoms with Crippen molar-refractivity contribution in [3.63, 3.8) is 0 Å². The Hall–Kier alpha value is -0.210. The molecule has 1 aliphatic heterocycles. The largest absolute Gasteiger partial charge is 0.374 e. The Morgan fingerprint density at radius 2 is 2.14 bits per heavy atom. The van der Waals surface area contributed by atoms with Crippen molar-refractivity contribution in [2.24, 2.45) is 5.73 Å². The third kappa shape index (κ3) is 4.41. The maximum atomic E-state index is 12.9. The lowest BCUT2D eigenvalue weighted by molar-refractivity contribution is -0.0270. The van der Waals surface area contributed by atoms with Crippen molar-refractivity contribution in [1.82, 2.24) is 9.62 Å². The Morgan fingerprint density at radius 3 is 2.64 bits per heavy atom. The van der Waals surface area contributed by atoms with Crippen LogP contribution >= 0.6 is 0 Å². The highest BCUT2D eigenvalue weighted by molar-refractivity contribution is 7.89. The highest BCUT2D eigenvalue weighted by atomic mass is 32.2. The van der Waals surface area contributed by atoms with Gasteiger partial charge in [0, 0.05) is 19.1 Å². The van der Waals surface area contributed by atoms with E-state index in [1.165, 1.54) is 0 Å². The smallest absolute Gasteiger partial charge is 0.214 e. The average molecular weight is 333 g/mol. The maximum absolute atomic E-state index is 12.9. The molecular formula is C15H31N3O3S. The van der Waals surface area contributed by atoms with Crippen LogP contribution in [0.25, 0.3) is 0 Å². The first-order valence-electron chi connectivity index (χ1n) is 8.63. The Labute approximate surface area is 134 Å². The molecule has 0 amide bonds. The van der Waals surface area contributed by atoms with Gasteiger partial charge in [-0.2, -0.15) is 4.31 Å². The fraction of sp³-hybridized carbons (Fsp3) is 1.00. The second-order valence-corrected chi connectivity index (χ2v) is 8.31. The van der Waals surface area contributed by atoms with E-state index in [2.05, 4.69) is 12.2 Å². The number of nitrogens with two attached hydrogens (primary N) is 1. The lowest BCUT2D eigenvalue weighted by atomic mass is 9.91. The van der Waals surface area contributed by atoms with Gasteiger partial charge in [-0.1, -0.05) is 13.3 Å². The highest BCUT2D eigenvalue weighted by Gasteiger charge is 2.41. The molecule has 22 heavy (non-hydrogen) atoms. The van der Waals surface area contributed by atoms with E-state index >= 15 is 0 Å². The normalized spacial score (nSPS) is 25.1. The molecule has 7 heteroatoms. The van der Waals surface area contributed by atoms with Gasteiger partial charge in [0.25, 0.3) is 0 Å². The molecule has 6 nitrogen and oxygen atoms in total. The van der Waals surface area contributed by atoms with Crippen LogP contribution in [0, 0.1) is 0 Å². The summed E-state index contributed by atoms with van der Waals surface area (Å²) in [7, 11) is -3.25. The zero-order valence-corrected chi connectivity index (χ0v) is 14.5. The minimum atomic E-state index is -3.25. The minimum Gasteiger partial charge on any atom is -0.374 e. The van der Waals surface area contributed by atoms with Crippen LogP contribution in [-0.4, -0.2) is 62.9 Å². The van der Waals surface area contributed by atoms with E-state index in [9.17, 15) is 8.42 Å². The number of nitrogens with one attached hydrogen (secondary N) is 1. The van der Waals surface area contributed by atoms with Crippen molar-refractivity contribution in [3.05, 3.63) is 0 Å². The quantitative estimate of drug-likeness (QED) is 0.606. The van der Waals surface area contributed by atoms with E-state index < -0.39 is 10.0 Å². The Morgan fingerprint density at radius 1 is 1.36 bits per heavy atom. The predicted molar refractivity (Wildman–Crippen MR) is 88.2 cm³/mol. The second-order valence-electron chi connectivity index (χ2n) is 6.32. The zero-order chi connectivity index (χ0) is 16.0. The second kappa shape index (κ2) is 8.59. The van der Waals surface area contributed by atoms with Crippen LogP contribution in [-0.2, 0) is 14.8 Å². The third-order valence-corrected chi connectivity index (χ3v) is 6.76. The lowest BCUT2D eigenvalue weighted by Crippen LogP contribution is -2.58. The van der Waals surface area contributed by atoms with Crippen LogP contribution in [0.5, 0.6) is 0 Å². The van der Waals surface area contributed by atoms with Crippen molar-refractivity contribution in [1.29, 1.82) is 0 Å². The molecule has 0 aromatic rings. The highest BCUT2D eigenvalue weighted by Crippen LogP contribution is 2.32. The molecule has 1 heterocycles. The summed E-state index contributed by atoms with van der Waals surface area (Å²) in [5.74, 6) is 0.206. The standard InChI is InChI=1S/C15H31N3O3S/c1-2-14(15-12-17-9-10-21-15)18(13-6-5-7-13)22(19,20)11-4-3-8-16/h13-15,17H,2-12,16H2,1H3. The molecule has 0 spiro atoms. The van der Waals surface area contributed by atoms with Gasteiger partial charge >= 0.3 is 0 Å². The fourth-order valence-electron chi connectivity index (χ4n) is 3.32. The number of sulfonamides is 1. The molecule has 0 aromatic carbocycles. The van der Waals surface area contributed by atoms with Gasteiger partial charge in [0.1, 0.15) is 0 Å². The molecule has 2 atom stereocenters. The first-order chi connectivity index (χ1) is 10.6. The van der Waals surface area contributed by atoms with Gasteiger partial charge in [-0.15, -0.1) is 0 Å².